The summed E-state index contributed by atoms with van der Waals surface area (Å²) in [4.78, 5) is 16.3. The van der Waals surface area contributed by atoms with Crippen molar-refractivity contribution >= 4 is 35.0 Å². The molecule has 0 saturated carbocycles. The van der Waals surface area contributed by atoms with Crippen molar-refractivity contribution in [1.29, 1.82) is 0 Å². The molecule has 0 aliphatic heterocycles. The Morgan fingerprint density at radius 3 is 2.60 bits per heavy atom. The second kappa shape index (κ2) is 9.76. The Morgan fingerprint density at radius 1 is 1.03 bits per heavy atom. The topological polar surface area (TPSA) is 76.7 Å². The van der Waals surface area contributed by atoms with Crippen LogP contribution in [0.2, 0.25) is 0 Å². The van der Waals surface area contributed by atoms with E-state index in [1.54, 1.807) is 6.21 Å². The molecule has 0 aliphatic carbocycles. The molecule has 1 amide bonds. The standard InChI is InChI=1S/C23H19N3O3S/c27-22(16-30-23-25-20-8-4-5-9-21(20)29-23)26-24-14-17-10-12-19(13-11-17)28-15-18-6-2-1-3-7-18/h1-14H,15-16H2,(H,26,27)/b24-14+. The summed E-state index contributed by atoms with van der Waals surface area (Å²) in [5, 5.41) is 4.45. The monoisotopic (exact) mass is 417 g/mol. The largest absolute Gasteiger partial charge is 0.489 e. The Kier molecular flexibility index (Phi) is 6.41. The lowest BCUT2D eigenvalue weighted by atomic mass is 10.2. The van der Waals surface area contributed by atoms with Crippen LogP contribution in [0.25, 0.3) is 11.1 Å². The zero-order valence-electron chi connectivity index (χ0n) is 16.0. The molecule has 0 radical (unpaired) electrons. The normalized spacial score (nSPS) is 11.1. The van der Waals surface area contributed by atoms with Gasteiger partial charge < -0.3 is 9.15 Å². The number of aromatic nitrogens is 1. The molecule has 4 rings (SSSR count). The lowest BCUT2D eigenvalue weighted by Gasteiger charge is -2.06. The van der Waals surface area contributed by atoms with Crippen LogP contribution in [0.1, 0.15) is 11.1 Å². The van der Waals surface area contributed by atoms with E-state index in [1.807, 2.05) is 78.9 Å². The second-order valence-corrected chi connectivity index (χ2v) is 7.30. The Labute approximate surface area is 178 Å². The van der Waals surface area contributed by atoms with Crippen LogP contribution in [0.15, 0.2) is 93.6 Å². The molecule has 4 aromatic rings. The fourth-order valence-electron chi connectivity index (χ4n) is 2.64. The van der Waals surface area contributed by atoms with Crippen LogP contribution in [0.3, 0.4) is 0 Å². The van der Waals surface area contributed by atoms with Gasteiger partial charge in [-0.3, -0.25) is 4.79 Å². The number of nitrogens with zero attached hydrogens (tertiary/aromatic N) is 2. The van der Waals surface area contributed by atoms with Crippen molar-refractivity contribution in [1.82, 2.24) is 10.4 Å². The molecular formula is C23H19N3O3S. The first-order valence-electron chi connectivity index (χ1n) is 9.33. The van der Waals surface area contributed by atoms with E-state index >= 15 is 0 Å². The third-order valence-corrected chi connectivity index (χ3v) is 4.96. The maximum Gasteiger partial charge on any atom is 0.257 e. The van der Waals surface area contributed by atoms with E-state index in [-0.39, 0.29) is 11.7 Å². The minimum Gasteiger partial charge on any atom is -0.489 e. The number of carbonyl (C=O) groups excluding carboxylic acids is 1. The van der Waals surface area contributed by atoms with Crippen LogP contribution < -0.4 is 10.2 Å². The van der Waals surface area contributed by atoms with E-state index in [2.05, 4.69) is 15.5 Å². The first kappa shape index (κ1) is 19.7. The number of hydrogen-bond acceptors (Lipinski definition) is 6. The van der Waals surface area contributed by atoms with Gasteiger partial charge in [0.05, 0.1) is 12.0 Å². The number of oxazole rings is 1. The molecule has 0 atom stereocenters. The number of thioether (sulfide) groups is 1. The van der Waals surface area contributed by atoms with E-state index < -0.39 is 0 Å². The Hall–Kier alpha value is -3.58. The molecule has 7 heteroatoms. The SMILES string of the molecule is O=C(CSc1nc2ccccc2o1)N/N=C/c1ccc(OCc2ccccc2)cc1. The second-order valence-electron chi connectivity index (χ2n) is 6.37. The van der Waals surface area contributed by atoms with E-state index in [1.165, 1.54) is 11.8 Å². The highest BCUT2D eigenvalue weighted by Crippen LogP contribution is 2.22. The first-order chi connectivity index (χ1) is 14.8. The van der Waals surface area contributed by atoms with Gasteiger partial charge in [-0.05, 0) is 47.5 Å². The van der Waals surface area contributed by atoms with Crippen molar-refractivity contribution < 1.29 is 13.9 Å². The van der Waals surface area contributed by atoms with Crippen molar-refractivity contribution in [2.24, 2.45) is 5.10 Å². The Bertz CT molecular complexity index is 1110. The molecule has 0 bridgehead atoms. The minimum atomic E-state index is -0.235. The zero-order valence-corrected chi connectivity index (χ0v) is 16.8. The number of amides is 1. The van der Waals surface area contributed by atoms with Gasteiger partial charge >= 0.3 is 0 Å². The van der Waals surface area contributed by atoms with Crippen molar-refractivity contribution in [2.75, 3.05) is 5.75 Å². The lowest BCUT2D eigenvalue weighted by Crippen LogP contribution is -2.19. The predicted octanol–water partition coefficient (Wildman–Crippen LogP) is 4.65. The van der Waals surface area contributed by atoms with Crippen LogP contribution in [-0.4, -0.2) is 22.9 Å². The van der Waals surface area contributed by atoms with Crippen molar-refractivity contribution in [2.45, 2.75) is 11.8 Å². The smallest absolute Gasteiger partial charge is 0.257 e. The van der Waals surface area contributed by atoms with Gasteiger partial charge in [-0.2, -0.15) is 5.10 Å². The number of nitrogens with one attached hydrogen (secondary N) is 1. The van der Waals surface area contributed by atoms with E-state index in [0.717, 1.165) is 22.4 Å². The van der Waals surface area contributed by atoms with Crippen LogP contribution in [0.4, 0.5) is 0 Å². The average molecular weight is 417 g/mol. The number of para-hydroxylation sites is 2. The molecular weight excluding hydrogens is 398 g/mol. The molecule has 30 heavy (non-hydrogen) atoms. The molecule has 0 aliphatic rings. The predicted molar refractivity (Wildman–Crippen MR) is 118 cm³/mol. The summed E-state index contributed by atoms with van der Waals surface area (Å²) in [7, 11) is 0. The van der Waals surface area contributed by atoms with Crippen LogP contribution >= 0.6 is 11.8 Å². The number of carbonyl (C=O) groups is 1. The molecule has 1 N–H and O–H groups in total. The van der Waals surface area contributed by atoms with E-state index in [0.29, 0.717) is 17.4 Å². The van der Waals surface area contributed by atoms with Gasteiger partial charge in [0.25, 0.3) is 11.1 Å². The Balaban J connectivity index is 1.22. The summed E-state index contributed by atoms with van der Waals surface area (Å²) in [6.07, 6.45) is 1.59. The Morgan fingerprint density at radius 2 is 1.80 bits per heavy atom. The quantitative estimate of drug-likeness (QED) is 0.257. The van der Waals surface area contributed by atoms with Gasteiger partial charge in [0.2, 0.25) is 0 Å². The number of ether oxygens (including phenoxy) is 1. The van der Waals surface area contributed by atoms with Gasteiger partial charge in [-0.15, -0.1) is 0 Å². The van der Waals surface area contributed by atoms with E-state index in [4.69, 9.17) is 9.15 Å². The minimum absolute atomic E-state index is 0.163. The maximum absolute atomic E-state index is 12.0. The van der Waals surface area contributed by atoms with Gasteiger partial charge in [-0.25, -0.2) is 10.4 Å². The molecule has 150 valence electrons. The van der Waals surface area contributed by atoms with Crippen LogP contribution in [-0.2, 0) is 11.4 Å². The fraction of sp³-hybridized carbons (Fsp3) is 0.0870. The van der Waals surface area contributed by atoms with Crippen molar-refractivity contribution in [3.63, 3.8) is 0 Å². The van der Waals surface area contributed by atoms with Gasteiger partial charge in [0, 0.05) is 0 Å². The van der Waals surface area contributed by atoms with Gasteiger partial charge in [0.1, 0.15) is 17.9 Å². The summed E-state index contributed by atoms with van der Waals surface area (Å²) < 4.78 is 11.3. The van der Waals surface area contributed by atoms with E-state index in [9.17, 15) is 4.79 Å². The lowest BCUT2D eigenvalue weighted by molar-refractivity contribution is -0.118. The molecule has 0 spiro atoms. The summed E-state index contributed by atoms with van der Waals surface area (Å²) in [6, 6.07) is 25.0. The fourth-order valence-corrected chi connectivity index (χ4v) is 3.27. The third kappa shape index (κ3) is 5.48. The summed E-state index contributed by atoms with van der Waals surface area (Å²) in [5.74, 6) is 0.701. The third-order valence-electron chi connectivity index (χ3n) is 4.13. The van der Waals surface area contributed by atoms with Crippen molar-refractivity contribution in [3.05, 3.63) is 90.0 Å². The maximum atomic E-state index is 12.0. The molecule has 3 aromatic carbocycles. The molecule has 6 nitrogen and oxygen atoms in total. The number of fused-ring (bicyclic) bond motifs is 1. The molecule has 1 aromatic heterocycles. The van der Waals surface area contributed by atoms with Gasteiger partial charge in [-0.1, -0.05) is 54.2 Å². The number of hydrazone groups is 1. The van der Waals surface area contributed by atoms with Gasteiger partial charge in [0.15, 0.2) is 5.58 Å². The highest BCUT2D eigenvalue weighted by atomic mass is 32.2. The highest BCUT2D eigenvalue weighted by molar-refractivity contribution is 7.99. The van der Waals surface area contributed by atoms with Crippen LogP contribution in [0.5, 0.6) is 5.75 Å². The number of benzene rings is 3. The number of hydrogen-bond donors (Lipinski definition) is 1. The summed E-state index contributed by atoms with van der Waals surface area (Å²) >= 11 is 1.23. The molecule has 1 heterocycles. The molecule has 0 fully saturated rings. The molecule has 0 unspecified atom stereocenters. The van der Waals surface area contributed by atoms with Crippen LogP contribution in [0, 0.1) is 0 Å². The highest BCUT2D eigenvalue weighted by Gasteiger charge is 2.08. The summed E-state index contributed by atoms with van der Waals surface area (Å²) in [6.45, 7) is 0.516. The average Bonchev–Trinajstić information content (AvgIpc) is 3.21. The van der Waals surface area contributed by atoms with Crippen molar-refractivity contribution in [3.8, 4) is 5.75 Å². The summed E-state index contributed by atoms with van der Waals surface area (Å²) in [5.41, 5.74) is 5.95. The number of rotatable bonds is 8. The zero-order chi connectivity index (χ0) is 20.6. The molecule has 0 saturated heterocycles. The first-order valence-corrected chi connectivity index (χ1v) is 10.3.